The van der Waals surface area contributed by atoms with Crippen LogP contribution in [0.25, 0.3) is 0 Å². The first-order chi connectivity index (χ1) is 17.1. The number of benzene rings is 2. The summed E-state index contributed by atoms with van der Waals surface area (Å²) in [7, 11) is -3.61. The lowest BCUT2D eigenvalue weighted by Gasteiger charge is -2.33. The highest BCUT2D eigenvalue weighted by Crippen LogP contribution is 2.27. The number of carbonyl (C=O) groups excluding carboxylic acids is 2. The number of amides is 2. The number of nitrogens with zero attached hydrogens (tertiary/aromatic N) is 2. The molecule has 2 aromatic rings. The number of aryl methyl sites for hydroxylation is 1. The number of halogens is 2. The number of hydrogen-bond acceptors (Lipinski definition) is 4. The van der Waals surface area contributed by atoms with Crippen molar-refractivity contribution in [1.29, 1.82) is 0 Å². The molecule has 0 aliphatic rings. The number of rotatable bonds is 11. The highest BCUT2D eigenvalue weighted by atomic mass is 35.5. The second-order valence-electron chi connectivity index (χ2n) is 10.2. The summed E-state index contributed by atoms with van der Waals surface area (Å²) < 4.78 is 26.4. The molecule has 0 bridgehead atoms. The molecule has 1 N–H and O–H groups in total. The minimum atomic E-state index is -3.61. The molecule has 0 heterocycles. The summed E-state index contributed by atoms with van der Waals surface area (Å²) in [4.78, 5) is 28.2. The number of hydrogen-bond donors (Lipinski definition) is 1. The molecule has 37 heavy (non-hydrogen) atoms. The van der Waals surface area contributed by atoms with E-state index in [1.165, 1.54) is 4.31 Å². The van der Waals surface area contributed by atoms with Crippen LogP contribution in [0.1, 0.15) is 58.1 Å². The Hall–Kier alpha value is -2.29. The Balaban J connectivity index is 2.27. The maximum atomic E-state index is 13.5. The fourth-order valence-corrected chi connectivity index (χ4v) is 5.30. The smallest absolute Gasteiger partial charge is 0.243 e. The van der Waals surface area contributed by atoms with Gasteiger partial charge in [-0.2, -0.15) is 0 Å². The van der Waals surface area contributed by atoms with E-state index in [4.69, 9.17) is 23.2 Å². The van der Waals surface area contributed by atoms with Crippen LogP contribution in [0.5, 0.6) is 0 Å². The first-order valence-corrected chi connectivity index (χ1v) is 14.8. The molecule has 1 atom stereocenters. The van der Waals surface area contributed by atoms with Crippen molar-refractivity contribution in [3.8, 4) is 0 Å². The van der Waals surface area contributed by atoms with Crippen molar-refractivity contribution in [1.82, 2.24) is 10.2 Å². The molecule has 0 radical (unpaired) electrons. The molecule has 2 amide bonds. The molecule has 0 aliphatic heterocycles. The van der Waals surface area contributed by atoms with Crippen LogP contribution in [0.2, 0.25) is 10.0 Å². The van der Waals surface area contributed by atoms with Gasteiger partial charge < -0.3 is 10.2 Å². The zero-order chi connectivity index (χ0) is 28.0. The van der Waals surface area contributed by atoms with Gasteiger partial charge in [0, 0.05) is 35.1 Å². The Morgan fingerprint density at radius 2 is 1.62 bits per heavy atom. The fourth-order valence-electron chi connectivity index (χ4n) is 3.99. The van der Waals surface area contributed by atoms with E-state index in [0.717, 1.165) is 17.4 Å². The van der Waals surface area contributed by atoms with Gasteiger partial charge in [0.05, 0.1) is 11.9 Å². The standard InChI is InChI=1S/C27H37Cl2N3O4S/c1-7-23(26(34)30-27(3,4)5)31(18-20-11-14-21(28)15-12-20)25(33)9-8-16-32(37(6,35)36)24-17-22(29)13-10-19(24)2/h10-15,17,23H,7-9,16,18H2,1-6H3,(H,30,34)/t23-/m1/s1. The van der Waals surface area contributed by atoms with Crippen LogP contribution in [-0.2, 0) is 26.2 Å². The minimum Gasteiger partial charge on any atom is -0.350 e. The van der Waals surface area contributed by atoms with Gasteiger partial charge in [-0.05, 0) is 75.9 Å². The molecule has 0 saturated carbocycles. The van der Waals surface area contributed by atoms with Crippen LogP contribution >= 0.6 is 23.2 Å². The Morgan fingerprint density at radius 3 is 2.16 bits per heavy atom. The number of anilines is 1. The van der Waals surface area contributed by atoms with Gasteiger partial charge in [-0.1, -0.05) is 48.3 Å². The lowest BCUT2D eigenvalue weighted by Crippen LogP contribution is -2.53. The quantitative estimate of drug-likeness (QED) is 0.383. The Morgan fingerprint density at radius 1 is 1.03 bits per heavy atom. The Bertz CT molecular complexity index is 1200. The number of sulfonamides is 1. The van der Waals surface area contributed by atoms with Crippen molar-refractivity contribution in [2.24, 2.45) is 0 Å². The van der Waals surface area contributed by atoms with Crippen molar-refractivity contribution >= 4 is 50.7 Å². The predicted molar refractivity (Wildman–Crippen MR) is 152 cm³/mol. The van der Waals surface area contributed by atoms with Crippen molar-refractivity contribution in [3.05, 3.63) is 63.6 Å². The van der Waals surface area contributed by atoms with E-state index in [2.05, 4.69) is 5.32 Å². The molecule has 0 aromatic heterocycles. The molecule has 0 fully saturated rings. The normalized spacial score (nSPS) is 12.6. The fraction of sp³-hybridized carbons (Fsp3) is 0.481. The molecule has 0 unspecified atom stereocenters. The molecule has 204 valence electrons. The summed E-state index contributed by atoms with van der Waals surface area (Å²) in [6, 6.07) is 11.5. The third kappa shape index (κ3) is 9.51. The number of carbonyl (C=O) groups is 2. The molecular weight excluding hydrogens is 533 g/mol. The van der Waals surface area contributed by atoms with Crippen LogP contribution in [-0.4, -0.2) is 49.5 Å². The zero-order valence-corrected chi connectivity index (χ0v) is 24.7. The lowest BCUT2D eigenvalue weighted by atomic mass is 10.0. The highest BCUT2D eigenvalue weighted by molar-refractivity contribution is 7.92. The van der Waals surface area contributed by atoms with Gasteiger partial charge in [0.15, 0.2) is 0 Å². The van der Waals surface area contributed by atoms with Gasteiger partial charge >= 0.3 is 0 Å². The van der Waals surface area contributed by atoms with Gasteiger partial charge in [0.2, 0.25) is 21.8 Å². The monoisotopic (exact) mass is 569 g/mol. The van der Waals surface area contributed by atoms with E-state index in [1.807, 2.05) is 46.8 Å². The SMILES string of the molecule is CC[C@H](C(=O)NC(C)(C)C)N(Cc1ccc(Cl)cc1)C(=O)CCCN(c1cc(Cl)ccc1C)S(C)(=O)=O. The van der Waals surface area contributed by atoms with Crippen LogP contribution in [0.15, 0.2) is 42.5 Å². The molecule has 0 spiro atoms. The molecule has 0 saturated heterocycles. The molecule has 7 nitrogen and oxygen atoms in total. The summed E-state index contributed by atoms with van der Waals surface area (Å²) in [5, 5.41) is 3.98. The van der Waals surface area contributed by atoms with E-state index < -0.39 is 21.6 Å². The van der Waals surface area contributed by atoms with Crippen LogP contribution < -0.4 is 9.62 Å². The van der Waals surface area contributed by atoms with Gasteiger partial charge in [0.25, 0.3) is 0 Å². The average Bonchev–Trinajstić information content (AvgIpc) is 2.77. The largest absolute Gasteiger partial charge is 0.350 e. The third-order valence-electron chi connectivity index (χ3n) is 5.74. The third-order valence-corrected chi connectivity index (χ3v) is 7.41. The molecule has 2 aromatic carbocycles. The first-order valence-electron chi connectivity index (χ1n) is 12.2. The van der Waals surface area contributed by atoms with Crippen molar-refractivity contribution in [2.45, 2.75) is 72.0 Å². The van der Waals surface area contributed by atoms with E-state index >= 15 is 0 Å². The predicted octanol–water partition coefficient (Wildman–Crippen LogP) is 5.57. The number of nitrogens with one attached hydrogen (secondary N) is 1. The first kappa shape index (κ1) is 30.9. The maximum absolute atomic E-state index is 13.5. The summed E-state index contributed by atoms with van der Waals surface area (Å²) in [6.45, 7) is 9.67. The summed E-state index contributed by atoms with van der Waals surface area (Å²) in [5.74, 6) is -0.466. The highest BCUT2D eigenvalue weighted by Gasteiger charge is 2.31. The average molecular weight is 571 g/mol. The van der Waals surface area contributed by atoms with E-state index in [1.54, 1.807) is 35.2 Å². The lowest BCUT2D eigenvalue weighted by molar-refractivity contribution is -0.142. The Labute approximate surface area is 231 Å². The molecule has 10 heteroatoms. The summed E-state index contributed by atoms with van der Waals surface area (Å²) in [6.07, 6.45) is 1.90. The molecular formula is C27H37Cl2N3O4S. The van der Waals surface area contributed by atoms with Gasteiger partial charge in [-0.15, -0.1) is 0 Å². The minimum absolute atomic E-state index is 0.0680. The van der Waals surface area contributed by atoms with Crippen molar-refractivity contribution < 1.29 is 18.0 Å². The molecule has 0 aliphatic carbocycles. The van der Waals surface area contributed by atoms with Crippen LogP contribution in [0.3, 0.4) is 0 Å². The van der Waals surface area contributed by atoms with Gasteiger partial charge in [-0.3, -0.25) is 13.9 Å². The van der Waals surface area contributed by atoms with E-state index in [0.29, 0.717) is 22.2 Å². The van der Waals surface area contributed by atoms with E-state index in [9.17, 15) is 18.0 Å². The van der Waals surface area contributed by atoms with Crippen LogP contribution in [0.4, 0.5) is 5.69 Å². The van der Waals surface area contributed by atoms with Crippen molar-refractivity contribution in [2.75, 3.05) is 17.1 Å². The maximum Gasteiger partial charge on any atom is 0.243 e. The van der Waals surface area contributed by atoms with Crippen molar-refractivity contribution in [3.63, 3.8) is 0 Å². The second kappa shape index (κ2) is 13.0. The second-order valence-corrected chi connectivity index (χ2v) is 13.0. The van der Waals surface area contributed by atoms with Gasteiger partial charge in [0.1, 0.15) is 6.04 Å². The topological polar surface area (TPSA) is 86.8 Å². The van der Waals surface area contributed by atoms with E-state index in [-0.39, 0.29) is 37.7 Å². The summed E-state index contributed by atoms with van der Waals surface area (Å²) in [5.41, 5.74) is 1.63. The zero-order valence-electron chi connectivity index (χ0n) is 22.3. The summed E-state index contributed by atoms with van der Waals surface area (Å²) >= 11 is 12.1. The van der Waals surface area contributed by atoms with Gasteiger partial charge in [-0.25, -0.2) is 8.42 Å². The molecule has 2 rings (SSSR count). The Kier molecular flexibility index (Phi) is 10.9. The van der Waals surface area contributed by atoms with Crippen LogP contribution in [0, 0.1) is 6.92 Å².